The number of aliphatic hydroxyl groups is 3. The van der Waals surface area contributed by atoms with Crippen LogP contribution in [0.5, 0.6) is 17.2 Å². The molecule has 3 rings (SSSR count). The van der Waals surface area contributed by atoms with Crippen molar-refractivity contribution in [2.45, 2.75) is 26.2 Å². The summed E-state index contributed by atoms with van der Waals surface area (Å²) < 4.78 is 15.9. The molecule has 0 saturated carbocycles. The molecule has 0 aromatic heterocycles. The first-order valence-corrected chi connectivity index (χ1v) is 11.4. The van der Waals surface area contributed by atoms with Crippen LogP contribution in [0, 0.1) is 6.92 Å². The topological polar surface area (TPSA) is 88.4 Å². The smallest absolute Gasteiger partial charge is 0.119 e. The third-order valence-corrected chi connectivity index (χ3v) is 5.25. The Bertz CT molecular complexity index is 881. The summed E-state index contributed by atoms with van der Waals surface area (Å²) in [5.41, 5.74) is 3.42. The molecule has 0 unspecified atom stereocenters. The van der Waals surface area contributed by atoms with E-state index in [0.29, 0.717) is 19.8 Å². The quantitative estimate of drug-likeness (QED) is 0.392. The van der Waals surface area contributed by atoms with Crippen molar-refractivity contribution >= 4 is 0 Å². The lowest BCUT2D eigenvalue weighted by molar-refractivity contribution is 0.201. The zero-order valence-electron chi connectivity index (χ0n) is 20.2. The lowest BCUT2D eigenvalue weighted by Gasteiger charge is -2.26. The van der Waals surface area contributed by atoms with Crippen molar-refractivity contribution in [2.75, 3.05) is 39.6 Å². The molecular weight excluding hydrogens is 432 g/mol. The van der Waals surface area contributed by atoms with Crippen LogP contribution in [-0.4, -0.2) is 55.0 Å². The summed E-state index contributed by atoms with van der Waals surface area (Å²) >= 11 is 0. The van der Waals surface area contributed by atoms with E-state index in [4.69, 9.17) is 29.5 Å². The highest BCUT2D eigenvalue weighted by Crippen LogP contribution is 2.33. The summed E-state index contributed by atoms with van der Waals surface area (Å²) in [6.07, 6.45) is 0. The summed E-state index contributed by atoms with van der Waals surface area (Å²) in [4.78, 5) is 0. The maximum atomic E-state index is 8.79. The number of hydrogen-bond acceptors (Lipinski definition) is 6. The van der Waals surface area contributed by atoms with Gasteiger partial charge in [0.15, 0.2) is 0 Å². The number of hydrogen-bond donors (Lipinski definition) is 3. The second-order valence-electron chi connectivity index (χ2n) is 8.20. The minimum atomic E-state index is -0.148. The van der Waals surface area contributed by atoms with E-state index < -0.39 is 0 Å². The first kappa shape index (κ1) is 27.2. The highest BCUT2D eigenvalue weighted by Gasteiger charge is 2.23. The highest BCUT2D eigenvalue weighted by molar-refractivity contribution is 5.41. The van der Waals surface area contributed by atoms with Crippen LogP contribution >= 0.6 is 0 Å². The van der Waals surface area contributed by atoms with E-state index in [1.54, 1.807) is 0 Å². The van der Waals surface area contributed by atoms with Crippen LogP contribution < -0.4 is 14.2 Å². The Labute approximate surface area is 202 Å². The number of rotatable bonds is 11. The Morgan fingerprint density at radius 2 is 0.824 bits per heavy atom. The molecule has 0 atom stereocenters. The Kier molecular flexibility index (Phi) is 11.4. The summed E-state index contributed by atoms with van der Waals surface area (Å²) in [6.45, 7) is 7.42. The van der Waals surface area contributed by atoms with Crippen molar-refractivity contribution in [3.63, 3.8) is 0 Å². The Balaban J connectivity index is 0.000000310. The fourth-order valence-corrected chi connectivity index (χ4v) is 3.23. The molecule has 0 heterocycles. The van der Waals surface area contributed by atoms with Gasteiger partial charge >= 0.3 is 0 Å². The predicted octanol–water partition coefficient (Wildman–Crippen LogP) is 4.12. The van der Waals surface area contributed by atoms with Gasteiger partial charge in [0.05, 0.1) is 19.8 Å². The van der Waals surface area contributed by atoms with E-state index in [2.05, 4.69) is 13.8 Å². The van der Waals surface area contributed by atoms with Crippen LogP contribution in [0.3, 0.4) is 0 Å². The first-order chi connectivity index (χ1) is 16.4. The summed E-state index contributed by atoms with van der Waals surface area (Å²) in [5, 5.41) is 26.0. The van der Waals surface area contributed by atoms with E-state index >= 15 is 0 Å². The standard InChI is InChI=1S/C19H24O4.C9H12O2/c1-19(2,15-3-7-17(8-4-15)22-13-11-20)16-5-9-18(10-6-16)23-14-12-21;1-8-2-4-9(5-3-8)11-7-6-10/h3-10,20-21H,11-14H2,1-2H3;2-5,10H,6-7H2,1H3. The molecule has 0 spiro atoms. The number of benzene rings is 3. The maximum Gasteiger partial charge on any atom is 0.119 e. The molecule has 0 aliphatic rings. The SMILES string of the molecule is CC(C)(c1ccc(OCCO)cc1)c1ccc(OCCO)cc1.Cc1ccc(OCCO)cc1. The number of aryl methyl sites for hydroxylation is 1. The lowest BCUT2D eigenvalue weighted by atomic mass is 9.78. The van der Waals surface area contributed by atoms with Crippen molar-refractivity contribution in [1.29, 1.82) is 0 Å². The van der Waals surface area contributed by atoms with Crippen LogP contribution in [0.4, 0.5) is 0 Å². The van der Waals surface area contributed by atoms with E-state index in [0.717, 1.165) is 17.2 Å². The second kappa shape index (κ2) is 14.3. The average Bonchev–Trinajstić information content (AvgIpc) is 2.87. The normalized spacial score (nSPS) is 10.8. The summed E-state index contributed by atoms with van der Waals surface area (Å²) in [5.74, 6) is 2.32. The molecule has 0 aliphatic heterocycles. The first-order valence-electron chi connectivity index (χ1n) is 11.4. The van der Waals surface area contributed by atoms with Gasteiger partial charge in [0.25, 0.3) is 0 Å². The number of ether oxygens (including phenoxy) is 3. The molecule has 0 aliphatic carbocycles. The molecule has 6 heteroatoms. The minimum Gasteiger partial charge on any atom is -0.491 e. The molecule has 6 nitrogen and oxygen atoms in total. The Hall–Kier alpha value is -3.06. The molecular formula is C28H36O6. The van der Waals surface area contributed by atoms with Crippen LogP contribution in [0.2, 0.25) is 0 Å². The van der Waals surface area contributed by atoms with Gasteiger partial charge < -0.3 is 29.5 Å². The number of aliphatic hydroxyl groups excluding tert-OH is 3. The molecule has 3 aromatic rings. The van der Waals surface area contributed by atoms with E-state index in [9.17, 15) is 0 Å². The van der Waals surface area contributed by atoms with Crippen LogP contribution in [0.1, 0.15) is 30.5 Å². The molecule has 184 valence electrons. The van der Waals surface area contributed by atoms with Gasteiger partial charge in [0.1, 0.15) is 37.1 Å². The molecule has 0 saturated heterocycles. The van der Waals surface area contributed by atoms with E-state index in [1.807, 2.05) is 79.7 Å². The molecule has 0 fully saturated rings. The van der Waals surface area contributed by atoms with Gasteiger partial charge in [-0.3, -0.25) is 0 Å². The molecule has 0 amide bonds. The fourth-order valence-electron chi connectivity index (χ4n) is 3.23. The van der Waals surface area contributed by atoms with Crippen molar-refractivity contribution in [3.8, 4) is 17.2 Å². The monoisotopic (exact) mass is 468 g/mol. The Morgan fingerprint density at radius 3 is 1.12 bits per heavy atom. The Morgan fingerprint density at radius 1 is 0.529 bits per heavy atom. The molecule has 34 heavy (non-hydrogen) atoms. The minimum absolute atomic E-state index is 0.0119. The molecule has 0 bridgehead atoms. The van der Waals surface area contributed by atoms with Gasteiger partial charge in [0.2, 0.25) is 0 Å². The van der Waals surface area contributed by atoms with Crippen molar-refractivity contribution < 1.29 is 29.5 Å². The average molecular weight is 469 g/mol. The van der Waals surface area contributed by atoms with Gasteiger partial charge in [-0.25, -0.2) is 0 Å². The lowest BCUT2D eigenvalue weighted by Crippen LogP contribution is -2.18. The van der Waals surface area contributed by atoms with Crippen LogP contribution in [-0.2, 0) is 5.41 Å². The largest absolute Gasteiger partial charge is 0.491 e. The third kappa shape index (κ3) is 8.71. The zero-order valence-corrected chi connectivity index (χ0v) is 20.2. The van der Waals surface area contributed by atoms with Crippen molar-refractivity contribution in [2.24, 2.45) is 0 Å². The van der Waals surface area contributed by atoms with Gasteiger partial charge in [0, 0.05) is 5.41 Å². The maximum absolute atomic E-state index is 8.79. The van der Waals surface area contributed by atoms with Crippen molar-refractivity contribution in [3.05, 3.63) is 89.5 Å². The molecule has 0 radical (unpaired) electrons. The summed E-state index contributed by atoms with van der Waals surface area (Å²) in [7, 11) is 0. The van der Waals surface area contributed by atoms with Gasteiger partial charge in [-0.1, -0.05) is 55.8 Å². The summed E-state index contributed by atoms with van der Waals surface area (Å²) in [6, 6.07) is 23.6. The highest BCUT2D eigenvalue weighted by atomic mass is 16.5. The van der Waals surface area contributed by atoms with Gasteiger partial charge in [-0.15, -0.1) is 0 Å². The third-order valence-electron chi connectivity index (χ3n) is 5.25. The molecule has 3 aromatic carbocycles. The zero-order chi connectivity index (χ0) is 24.8. The van der Waals surface area contributed by atoms with Crippen LogP contribution in [0.25, 0.3) is 0 Å². The second-order valence-corrected chi connectivity index (χ2v) is 8.20. The van der Waals surface area contributed by atoms with Gasteiger partial charge in [-0.2, -0.15) is 0 Å². The van der Waals surface area contributed by atoms with Crippen LogP contribution in [0.15, 0.2) is 72.8 Å². The fraction of sp³-hybridized carbons (Fsp3) is 0.357. The van der Waals surface area contributed by atoms with Gasteiger partial charge in [-0.05, 0) is 54.4 Å². The van der Waals surface area contributed by atoms with E-state index in [-0.39, 0.29) is 25.2 Å². The predicted molar refractivity (Wildman–Crippen MR) is 134 cm³/mol. The van der Waals surface area contributed by atoms with Crippen molar-refractivity contribution in [1.82, 2.24) is 0 Å². The van der Waals surface area contributed by atoms with E-state index in [1.165, 1.54) is 16.7 Å². The molecule has 3 N–H and O–H groups in total.